The van der Waals surface area contributed by atoms with Crippen molar-refractivity contribution in [1.29, 1.82) is 0 Å². The summed E-state index contributed by atoms with van der Waals surface area (Å²) < 4.78 is 2.02. The maximum atomic E-state index is 13.1. The molecule has 0 bridgehead atoms. The molecular formula is C28H33ClN6O2. The number of imidazole rings is 1. The van der Waals surface area contributed by atoms with Crippen molar-refractivity contribution in [3.63, 3.8) is 0 Å². The van der Waals surface area contributed by atoms with Crippen molar-refractivity contribution in [2.75, 3.05) is 38.0 Å². The Morgan fingerprint density at radius 1 is 1.14 bits per heavy atom. The van der Waals surface area contributed by atoms with Gasteiger partial charge in [-0.05, 0) is 76.4 Å². The Labute approximate surface area is 222 Å². The standard InChI is InChI=1S/C28H33ClN6O2/c1-20-18-21(12-13-30-20)27(37)32-28-31-24-10-6-9-23(29)26(24)35(28)22-8-2-3-17-34(19-22)25(36)11-7-16-33-14-4-5-15-33/h6-7,9-13,18,22H,2-5,8,14-17,19H2,1H3,(H,31,32,37)/t22-/m1/s1. The second-order valence-electron chi connectivity index (χ2n) is 9.90. The first kappa shape index (κ1) is 25.4. The number of nitrogens with zero attached hydrogens (tertiary/aromatic N) is 5. The summed E-state index contributed by atoms with van der Waals surface area (Å²) in [4.78, 5) is 39.5. The Balaban J connectivity index is 1.41. The summed E-state index contributed by atoms with van der Waals surface area (Å²) in [6.45, 7) is 6.11. The number of amides is 2. The normalized spacial score (nSPS) is 19.0. The minimum absolute atomic E-state index is 0.0273. The molecule has 2 aliphatic heterocycles. The molecule has 194 valence electrons. The van der Waals surface area contributed by atoms with Gasteiger partial charge in [-0.15, -0.1) is 0 Å². The number of carbonyl (C=O) groups is 2. The highest BCUT2D eigenvalue weighted by Gasteiger charge is 2.27. The number of carbonyl (C=O) groups excluding carboxylic acids is 2. The van der Waals surface area contributed by atoms with Crippen LogP contribution in [0.2, 0.25) is 5.02 Å². The number of benzene rings is 1. The second-order valence-corrected chi connectivity index (χ2v) is 10.3. The monoisotopic (exact) mass is 520 g/mol. The predicted molar refractivity (Wildman–Crippen MR) is 146 cm³/mol. The van der Waals surface area contributed by atoms with Crippen LogP contribution in [-0.4, -0.2) is 68.9 Å². The molecule has 2 amide bonds. The molecule has 0 saturated carbocycles. The molecule has 2 fully saturated rings. The zero-order chi connectivity index (χ0) is 25.8. The highest BCUT2D eigenvalue weighted by atomic mass is 35.5. The predicted octanol–water partition coefficient (Wildman–Crippen LogP) is 4.85. The lowest BCUT2D eigenvalue weighted by molar-refractivity contribution is -0.126. The number of rotatable bonds is 6. The smallest absolute Gasteiger partial charge is 0.258 e. The Bertz CT molecular complexity index is 1310. The van der Waals surface area contributed by atoms with E-state index in [0.29, 0.717) is 35.1 Å². The SMILES string of the molecule is Cc1cc(C(=O)Nc2nc3cccc(Cl)c3n2[C@@H]2CCCCN(C(=O)C=CCN3CCCC3)C2)ccn1. The Morgan fingerprint density at radius 2 is 1.95 bits per heavy atom. The lowest BCUT2D eigenvalue weighted by Gasteiger charge is -2.26. The fourth-order valence-electron chi connectivity index (χ4n) is 5.31. The van der Waals surface area contributed by atoms with Crippen molar-refractivity contribution >= 4 is 40.4 Å². The van der Waals surface area contributed by atoms with Crippen LogP contribution in [0.25, 0.3) is 11.0 Å². The summed E-state index contributed by atoms with van der Waals surface area (Å²) in [5, 5.41) is 3.57. The molecule has 8 nitrogen and oxygen atoms in total. The molecular weight excluding hydrogens is 488 g/mol. The van der Waals surface area contributed by atoms with Gasteiger partial charge in [-0.1, -0.05) is 23.7 Å². The average molecular weight is 521 g/mol. The first-order chi connectivity index (χ1) is 18.0. The number of para-hydroxylation sites is 1. The van der Waals surface area contributed by atoms with E-state index in [1.54, 1.807) is 24.4 Å². The molecule has 0 aliphatic carbocycles. The fourth-order valence-corrected chi connectivity index (χ4v) is 5.58. The Morgan fingerprint density at radius 3 is 2.76 bits per heavy atom. The van der Waals surface area contributed by atoms with Gasteiger partial charge < -0.3 is 9.47 Å². The summed E-state index contributed by atoms with van der Waals surface area (Å²) in [5.41, 5.74) is 2.76. The lowest BCUT2D eigenvalue weighted by Crippen LogP contribution is -2.35. The van der Waals surface area contributed by atoms with E-state index in [9.17, 15) is 9.59 Å². The van der Waals surface area contributed by atoms with E-state index in [4.69, 9.17) is 16.6 Å². The molecule has 5 rings (SSSR count). The third kappa shape index (κ3) is 5.86. The number of aromatic nitrogens is 3. The molecule has 37 heavy (non-hydrogen) atoms. The molecule has 1 N–H and O–H groups in total. The molecule has 1 aromatic carbocycles. The van der Waals surface area contributed by atoms with Gasteiger partial charge in [-0.25, -0.2) is 4.98 Å². The van der Waals surface area contributed by atoms with Gasteiger partial charge in [0, 0.05) is 43.2 Å². The van der Waals surface area contributed by atoms with E-state index >= 15 is 0 Å². The number of nitrogens with one attached hydrogen (secondary N) is 1. The summed E-state index contributed by atoms with van der Waals surface area (Å²) >= 11 is 6.66. The van der Waals surface area contributed by atoms with E-state index in [1.807, 2.05) is 40.7 Å². The molecule has 1 atom stereocenters. The molecule has 9 heteroatoms. The van der Waals surface area contributed by atoms with Crippen molar-refractivity contribution in [2.24, 2.45) is 0 Å². The first-order valence-corrected chi connectivity index (χ1v) is 13.5. The van der Waals surface area contributed by atoms with Crippen molar-refractivity contribution in [2.45, 2.75) is 45.1 Å². The van der Waals surface area contributed by atoms with E-state index in [2.05, 4.69) is 15.2 Å². The molecule has 2 aliphatic rings. The Hall–Kier alpha value is -3.23. The van der Waals surface area contributed by atoms with Gasteiger partial charge in [-0.2, -0.15) is 0 Å². The number of pyridine rings is 1. The van der Waals surface area contributed by atoms with E-state index < -0.39 is 0 Å². The summed E-state index contributed by atoms with van der Waals surface area (Å²) in [6, 6.07) is 8.94. The van der Waals surface area contributed by atoms with Crippen molar-refractivity contribution < 1.29 is 9.59 Å². The maximum absolute atomic E-state index is 13.1. The highest BCUT2D eigenvalue weighted by molar-refractivity contribution is 6.35. The Kier molecular flexibility index (Phi) is 7.86. The van der Waals surface area contributed by atoms with Crippen LogP contribution in [-0.2, 0) is 4.79 Å². The van der Waals surface area contributed by atoms with Crippen LogP contribution in [0.4, 0.5) is 5.95 Å². The van der Waals surface area contributed by atoms with Crippen molar-refractivity contribution in [3.8, 4) is 0 Å². The van der Waals surface area contributed by atoms with Gasteiger partial charge in [-0.3, -0.25) is 24.8 Å². The fraction of sp³-hybridized carbons (Fsp3) is 0.429. The number of hydrogen-bond acceptors (Lipinski definition) is 5. The average Bonchev–Trinajstić information content (AvgIpc) is 3.46. The van der Waals surface area contributed by atoms with Gasteiger partial charge in [0.25, 0.3) is 5.91 Å². The van der Waals surface area contributed by atoms with Crippen LogP contribution >= 0.6 is 11.6 Å². The summed E-state index contributed by atoms with van der Waals surface area (Å²) in [6.07, 6.45) is 10.5. The topological polar surface area (TPSA) is 83.4 Å². The van der Waals surface area contributed by atoms with Gasteiger partial charge in [0.15, 0.2) is 0 Å². The number of halogens is 1. The minimum Gasteiger partial charge on any atom is -0.337 e. The van der Waals surface area contributed by atoms with Crippen LogP contribution in [0.15, 0.2) is 48.7 Å². The first-order valence-electron chi connectivity index (χ1n) is 13.1. The number of anilines is 1. The second kappa shape index (κ2) is 11.4. The van der Waals surface area contributed by atoms with Gasteiger partial charge in [0.05, 0.1) is 22.1 Å². The molecule has 2 aromatic heterocycles. The van der Waals surface area contributed by atoms with E-state index in [0.717, 1.165) is 50.1 Å². The van der Waals surface area contributed by atoms with Crippen molar-refractivity contribution in [1.82, 2.24) is 24.3 Å². The van der Waals surface area contributed by atoms with E-state index in [-0.39, 0.29) is 17.9 Å². The lowest BCUT2D eigenvalue weighted by atomic mass is 10.1. The minimum atomic E-state index is -0.260. The van der Waals surface area contributed by atoms with E-state index in [1.165, 1.54) is 12.8 Å². The molecule has 2 saturated heterocycles. The number of likely N-dealkylation sites (tertiary alicyclic amines) is 2. The zero-order valence-corrected chi connectivity index (χ0v) is 22.0. The maximum Gasteiger partial charge on any atom is 0.258 e. The van der Waals surface area contributed by atoms with Crippen LogP contribution in [0.3, 0.4) is 0 Å². The highest BCUT2D eigenvalue weighted by Crippen LogP contribution is 2.34. The molecule has 0 radical (unpaired) electrons. The van der Waals surface area contributed by atoms with Gasteiger partial charge in [0.1, 0.15) is 0 Å². The third-order valence-corrected chi connectivity index (χ3v) is 7.50. The van der Waals surface area contributed by atoms with Crippen molar-refractivity contribution in [3.05, 3.63) is 65.0 Å². The largest absolute Gasteiger partial charge is 0.337 e. The number of fused-ring (bicyclic) bond motifs is 1. The third-order valence-electron chi connectivity index (χ3n) is 7.19. The molecule has 0 spiro atoms. The summed E-state index contributed by atoms with van der Waals surface area (Å²) in [7, 11) is 0. The van der Waals surface area contributed by atoms with Gasteiger partial charge >= 0.3 is 0 Å². The van der Waals surface area contributed by atoms with Crippen LogP contribution < -0.4 is 5.32 Å². The van der Waals surface area contributed by atoms with Crippen LogP contribution in [0, 0.1) is 6.92 Å². The molecule has 3 aromatic rings. The molecule has 0 unspecified atom stereocenters. The molecule has 4 heterocycles. The quantitative estimate of drug-likeness (QED) is 0.470. The van der Waals surface area contributed by atoms with Crippen LogP contribution in [0.1, 0.15) is 54.2 Å². The number of aryl methyl sites for hydroxylation is 1. The summed E-state index contributed by atoms with van der Waals surface area (Å²) in [5.74, 6) is 0.204. The number of hydrogen-bond donors (Lipinski definition) is 1. The van der Waals surface area contributed by atoms with Crippen LogP contribution in [0.5, 0.6) is 0 Å². The zero-order valence-electron chi connectivity index (χ0n) is 21.2. The van der Waals surface area contributed by atoms with Gasteiger partial charge in [0.2, 0.25) is 11.9 Å².